The van der Waals surface area contributed by atoms with Crippen LogP contribution in [-0.2, 0) is 0 Å². The van der Waals surface area contributed by atoms with E-state index in [2.05, 4.69) is 20.8 Å². The molecule has 0 saturated carbocycles. The van der Waals surface area contributed by atoms with Gasteiger partial charge in [-0.05, 0) is 0 Å². The normalized spacial score (nSPS) is 11.7. The number of hydrogen-bond acceptors (Lipinski definition) is 0. The Balaban J connectivity index is 3.89. The van der Waals surface area contributed by atoms with Crippen LogP contribution in [0, 0.1) is 0 Å². The first kappa shape index (κ1) is 40.6. The van der Waals surface area contributed by atoms with Crippen molar-refractivity contribution in [1.29, 1.82) is 0 Å². The molecule has 0 spiro atoms. The van der Waals surface area contributed by atoms with E-state index in [0.717, 1.165) is 0 Å². The molecule has 0 N–H and O–H groups in total. The topological polar surface area (TPSA) is 0 Å². The summed E-state index contributed by atoms with van der Waals surface area (Å²) in [5, 5.41) is 5.04. The molecule has 1 heteroatoms. The molecule has 0 aliphatic rings. The van der Waals surface area contributed by atoms with Crippen LogP contribution in [-0.4, -0.2) is 14.7 Å². The van der Waals surface area contributed by atoms with Gasteiger partial charge in [-0.1, -0.05) is 20.8 Å². The quantitative estimate of drug-likeness (QED) is 0.0480. The van der Waals surface area contributed by atoms with Gasteiger partial charge in [0.05, 0.1) is 0 Å². The Bertz CT molecular complexity index is 357. The monoisotopic (exact) mass is 625 g/mol. The van der Waals surface area contributed by atoms with E-state index in [4.69, 9.17) is 0 Å². The van der Waals surface area contributed by atoms with Gasteiger partial charge in [0.25, 0.3) is 0 Å². The summed E-state index contributed by atoms with van der Waals surface area (Å²) >= 11 is -0.554. The summed E-state index contributed by atoms with van der Waals surface area (Å²) in [4.78, 5) is 0. The van der Waals surface area contributed by atoms with Gasteiger partial charge in [-0.3, -0.25) is 0 Å². The fraction of sp³-hybridized carbons (Fsp3) is 1.00. The van der Waals surface area contributed by atoms with Gasteiger partial charge >= 0.3 is 242 Å². The Labute approximate surface area is 262 Å². The minimum absolute atomic E-state index is 0.554. The van der Waals surface area contributed by atoms with Gasteiger partial charge in [-0.2, -0.15) is 0 Å². The summed E-state index contributed by atoms with van der Waals surface area (Å²) in [6, 6.07) is 0. The van der Waals surface area contributed by atoms with E-state index in [1.807, 2.05) is 0 Å². The Morgan fingerprint density at radius 1 is 0.200 bits per heavy atom. The zero-order valence-corrected chi connectivity index (χ0v) is 30.8. The second-order valence-electron chi connectivity index (χ2n) is 13.4. The molecule has 0 aromatic rings. The molecule has 0 fully saturated rings. The van der Waals surface area contributed by atoms with Crippen LogP contribution in [0.25, 0.3) is 0 Å². The molecule has 0 atom stereocenters. The minimum atomic E-state index is -0.554. The van der Waals surface area contributed by atoms with Gasteiger partial charge in [0.15, 0.2) is 0 Å². The van der Waals surface area contributed by atoms with Crippen molar-refractivity contribution < 1.29 is 0 Å². The molecule has 0 aromatic carbocycles. The smallest absolute Gasteiger partial charge is 0.0654 e. The first-order valence-electron chi connectivity index (χ1n) is 19.6. The Kier molecular flexibility index (Phi) is 38.1. The Hall–Kier alpha value is 0.558. The van der Waals surface area contributed by atoms with E-state index >= 15 is 0 Å². The van der Waals surface area contributed by atoms with Crippen molar-refractivity contribution in [2.24, 2.45) is 0 Å². The molecular weight excluding hydrogens is 543 g/mol. The summed E-state index contributed by atoms with van der Waals surface area (Å²) in [5.74, 6) is 0. The van der Waals surface area contributed by atoms with Crippen molar-refractivity contribution in [3.63, 3.8) is 0 Å². The van der Waals surface area contributed by atoms with Crippen molar-refractivity contribution in [3.05, 3.63) is 0 Å². The van der Waals surface area contributed by atoms with Crippen LogP contribution < -0.4 is 0 Å². The molecule has 241 valence electrons. The number of unbranched alkanes of at least 4 members (excludes halogenated alkanes) is 30. The fourth-order valence-electron chi connectivity index (χ4n) is 6.33. The second-order valence-corrected chi connectivity index (χ2v) is 19.1. The van der Waals surface area contributed by atoms with E-state index in [-0.39, 0.29) is 0 Å². The van der Waals surface area contributed by atoms with Crippen LogP contribution >= 0.6 is 0 Å². The van der Waals surface area contributed by atoms with Crippen molar-refractivity contribution in [1.82, 2.24) is 0 Å². The summed E-state index contributed by atoms with van der Waals surface area (Å²) < 4.78 is 0. The molecule has 0 heterocycles. The molecule has 1 radical (unpaired) electrons. The second kappa shape index (κ2) is 37.6. The number of rotatable bonds is 36. The molecule has 0 aliphatic carbocycles. The summed E-state index contributed by atoms with van der Waals surface area (Å²) in [7, 11) is 0. The maximum atomic E-state index is 2.32. The molecule has 0 nitrogen and oxygen atoms in total. The maximum absolute atomic E-state index is 2.32. The summed E-state index contributed by atoms with van der Waals surface area (Å²) in [5.41, 5.74) is 0. The van der Waals surface area contributed by atoms with Crippen LogP contribution in [0.3, 0.4) is 0 Å². The average molecular weight is 625 g/mol. The fourth-order valence-corrected chi connectivity index (χ4v) is 12.0. The summed E-state index contributed by atoms with van der Waals surface area (Å²) in [6.45, 7) is 6.97. The van der Waals surface area contributed by atoms with Crippen LogP contribution in [0.1, 0.15) is 233 Å². The predicted molar refractivity (Wildman–Crippen MR) is 190 cm³/mol. The van der Waals surface area contributed by atoms with E-state index in [1.165, 1.54) is 193 Å². The third kappa shape index (κ3) is 34.8. The molecule has 0 aliphatic heterocycles. The molecule has 0 aromatic heterocycles. The van der Waals surface area contributed by atoms with E-state index in [9.17, 15) is 0 Å². The Morgan fingerprint density at radius 3 is 0.525 bits per heavy atom. The Morgan fingerprint density at radius 2 is 0.350 bits per heavy atom. The third-order valence-corrected chi connectivity index (χ3v) is 15.2. The standard InChI is InChI=1S/C39H81As/c1-4-7-10-13-16-19-22-25-28-31-34-37-40(38-35-32-29-26-23-20-17-14-11-8-5-2)39-36-33-30-27-24-21-18-15-12-9-6-3/h4-39H2,1-3H3/q+1. The van der Waals surface area contributed by atoms with Crippen LogP contribution in [0.2, 0.25) is 15.6 Å². The number of hydrogen-bond donors (Lipinski definition) is 0. The van der Waals surface area contributed by atoms with Gasteiger partial charge < -0.3 is 0 Å². The van der Waals surface area contributed by atoms with Crippen LogP contribution in [0.5, 0.6) is 0 Å². The molecule has 40 heavy (non-hydrogen) atoms. The molecule has 0 saturated heterocycles. The van der Waals surface area contributed by atoms with Crippen molar-refractivity contribution in [2.75, 3.05) is 0 Å². The first-order valence-corrected chi connectivity index (χ1v) is 23.6. The molecule has 0 rings (SSSR count). The van der Waals surface area contributed by atoms with E-state index in [1.54, 1.807) is 34.9 Å². The van der Waals surface area contributed by atoms with Gasteiger partial charge in [0.2, 0.25) is 0 Å². The molecule has 0 amide bonds. The van der Waals surface area contributed by atoms with Gasteiger partial charge in [0, 0.05) is 0 Å². The predicted octanol–water partition coefficient (Wildman–Crippen LogP) is 15.4. The van der Waals surface area contributed by atoms with Gasteiger partial charge in [-0.15, -0.1) is 0 Å². The summed E-state index contributed by atoms with van der Waals surface area (Å²) in [6.07, 6.45) is 49.3. The van der Waals surface area contributed by atoms with Gasteiger partial charge in [0.1, 0.15) is 0 Å². The molecule has 0 bridgehead atoms. The minimum Gasteiger partial charge on any atom is -0.0654 e. The zero-order chi connectivity index (χ0) is 29.0. The van der Waals surface area contributed by atoms with Crippen LogP contribution in [0.4, 0.5) is 0 Å². The van der Waals surface area contributed by atoms with Crippen LogP contribution in [0.15, 0.2) is 0 Å². The molecule has 0 unspecified atom stereocenters. The zero-order valence-electron chi connectivity index (χ0n) is 28.9. The molecular formula is C39H81As+. The average Bonchev–Trinajstić information content (AvgIpc) is 2.97. The van der Waals surface area contributed by atoms with Gasteiger partial charge in [-0.25, -0.2) is 0 Å². The van der Waals surface area contributed by atoms with E-state index in [0.29, 0.717) is 0 Å². The van der Waals surface area contributed by atoms with E-state index < -0.39 is 14.7 Å². The SMILES string of the molecule is CCCCCCCCCCCCC[As+](CCCCCCCCCCCCC)CCCCCCCCCCCCC. The first-order chi connectivity index (χ1) is 19.8. The van der Waals surface area contributed by atoms with Crippen molar-refractivity contribution in [2.45, 2.75) is 248 Å². The third-order valence-electron chi connectivity index (χ3n) is 9.23. The van der Waals surface area contributed by atoms with Crippen molar-refractivity contribution in [3.8, 4) is 0 Å². The van der Waals surface area contributed by atoms with Crippen molar-refractivity contribution >= 4 is 14.7 Å².